The smallest absolute Gasteiger partial charge is 0.320 e. The molecule has 20 heavy (non-hydrogen) atoms. The Labute approximate surface area is 117 Å². The number of nitrogens with zero attached hydrogens (tertiary/aromatic N) is 1. The molecule has 110 valence electrons. The third-order valence-electron chi connectivity index (χ3n) is 2.39. The number of amides is 1. The van der Waals surface area contributed by atoms with Crippen LogP contribution in [0.15, 0.2) is 24.3 Å². The van der Waals surface area contributed by atoms with Gasteiger partial charge < -0.3 is 10.0 Å². The highest BCUT2D eigenvalue weighted by atomic mass is 32.2. The molecule has 0 saturated heterocycles. The van der Waals surface area contributed by atoms with Crippen LogP contribution in [0.4, 0.5) is 5.69 Å². The number of anilines is 1. The van der Waals surface area contributed by atoms with Gasteiger partial charge in [0.2, 0.25) is 15.9 Å². The minimum atomic E-state index is -3.91. The van der Waals surface area contributed by atoms with Crippen LogP contribution >= 0.6 is 0 Å². The second-order valence-corrected chi connectivity index (χ2v) is 6.14. The van der Waals surface area contributed by atoms with Crippen molar-refractivity contribution in [2.45, 2.75) is 6.42 Å². The number of nitrogens with one attached hydrogen (secondary N) is 1. The topological polar surface area (TPSA) is 104 Å². The molecule has 0 atom stereocenters. The van der Waals surface area contributed by atoms with Gasteiger partial charge in [-0.3, -0.25) is 14.3 Å². The first-order valence-corrected chi connectivity index (χ1v) is 7.36. The number of carbonyl (C=O) groups is 2. The highest BCUT2D eigenvalue weighted by molar-refractivity contribution is 7.93. The summed E-state index contributed by atoms with van der Waals surface area (Å²) in [7, 11) is -0.609. The molecule has 8 heteroatoms. The third kappa shape index (κ3) is 5.27. The van der Waals surface area contributed by atoms with E-state index in [2.05, 4.69) is 4.72 Å². The lowest BCUT2D eigenvalue weighted by Crippen LogP contribution is -2.23. The molecule has 2 N–H and O–H groups in total. The van der Waals surface area contributed by atoms with Gasteiger partial charge in [0, 0.05) is 19.8 Å². The molecule has 0 unspecified atom stereocenters. The van der Waals surface area contributed by atoms with E-state index in [4.69, 9.17) is 5.11 Å². The lowest BCUT2D eigenvalue weighted by Gasteiger charge is -2.10. The molecule has 0 aliphatic heterocycles. The van der Waals surface area contributed by atoms with Gasteiger partial charge in [0.1, 0.15) is 0 Å². The summed E-state index contributed by atoms with van der Waals surface area (Å²) in [4.78, 5) is 23.3. The molecule has 0 aromatic heterocycles. The molecule has 1 rings (SSSR count). The normalized spacial score (nSPS) is 10.9. The Kier molecular flexibility index (Phi) is 5.09. The van der Waals surface area contributed by atoms with Crippen LogP contribution < -0.4 is 4.72 Å². The number of carboxylic acids is 1. The van der Waals surface area contributed by atoms with Crippen LogP contribution in [0.5, 0.6) is 0 Å². The fraction of sp³-hybridized carbons (Fsp3) is 0.333. The second-order valence-electron chi connectivity index (χ2n) is 4.42. The Hall–Kier alpha value is -2.09. The molecule has 0 saturated carbocycles. The van der Waals surface area contributed by atoms with Crippen LogP contribution in [0, 0.1) is 0 Å². The average Bonchev–Trinajstić information content (AvgIpc) is 2.29. The average molecular weight is 300 g/mol. The highest BCUT2D eigenvalue weighted by Crippen LogP contribution is 2.12. The lowest BCUT2D eigenvalue weighted by molar-refractivity contribution is -0.134. The van der Waals surface area contributed by atoms with E-state index in [0.717, 1.165) is 5.56 Å². The van der Waals surface area contributed by atoms with Gasteiger partial charge in [0.05, 0.1) is 6.42 Å². The zero-order valence-electron chi connectivity index (χ0n) is 11.2. The van der Waals surface area contributed by atoms with Crippen LogP contribution in [0.3, 0.4) is 0 Å². The van der Waals surface area contributed by atoms with Crippen LogP contribution in [0.1, 0.15) is 5.56 Å². The Morgan fingerprint density at radius 1 is 1.20 bits per heavy atom. The Morgan fingerprint density at radius 2 is 1.75 bits per heavy atom. The maximum Gasteiger partial charge on any atom is 0.320 e. The summed E-state index contributed by atoms with van der Waals surface area (Å²) in [5.41, 5.74) is 0.997. The van der Waals surface area contributed by atoms with Gasteiger partial charge in [-0.1, -0.05) is 12.1 Å². The molecule has 0 heterocycles. The lowest BCUT2D eigenvalue weighted by atomic mass is 10.1. The van der Waals surface area contributed by atoms with E-state index in [1.54, 1.807) is 26.2 Å². The Balaban J connectivity index is 2.72. The SMILES string of the molecule is CN(C)C(=O)Cc1ccc(NS(=O)(=O)CC(=O)O)cc1. The van der Waals surface area contributed by atoms with E-state index in [-0.39, 0.29) is 18.0 Å². The first-order chi connectivity index (χ1) is 9.19. The zero-order chi connectivity index (χ0) is 15.3. The van der Waals surface area contributed by atoms with Crippen molar-refractivity contribution >= 4 is 27.6 Å². The van der Waals surface area contributed by atoms with Crippen molar-refractivity contribution in [3.8, 4) is 0 Å². The van der Waals surface area contributed by atoms with E-state index in [0.29, 0.717) is 0 Å². The van der Waals surface area contributed by atoms with Gasteiger partial charge in [0.15, 0.2) is 5.75 Å². The molecular weight excluding hydrogens is 284 g/mol. The summed E-state index contributed by atoms with van der Waals surface area (Å²) in [5.74, 6) is -2.48. The number of carboxylic acid groups (broad SMARTS) is 1. The van der Waals surface area contributed by atoms with Gasteiger partial charge in [-0.25, -0.2) is 8.42 Å². The predicted octanol–water partition coefficient (Wildman–Crippen LogP) is 0.144. The van der Waals surface area contributed by atoms with Crippen LogP contribution in [0.25, 0.3) is 0 Å². The molecule has 1 aromatic rings. The molecular formula is C12H16N2O5S. The number of sulfonamides is 1. The summed E-state index contributed by atoms with van der Waals surface area (Å²) in [6.45, 7) is 0. The first kappa shape index (κ1) is 16.0. The zero-order valence-corrected chi connectivity index (χ0v) is 12.0. The summed E-state index contributed by atoms with van der Waals surface area (Å²) < 4.78 is 25.0. The summed E-state index contributed by atoms with van der Waals surface area (Å²) >= 11 is 0. The van der Waals surface area contributed by atoms with Crippen LogP contribution in [-0.4, -0.2) is 50.1 Å². The van der Waals surface area contributed by atoms with Crippen molar-refractivity contribution < 1.29 is 23.1 Å². The van der Waals surface area contributed by atoms with Gasteiger partial charge in [0.25, 0.3) is 0 Å². The number of likely N-dealkylation sites (N-methyl/N-ethyl adjacent to an activating group) is 1. The number of hydrogen-bond donors (Lipinski definition) is 2. The molecule has 0 aliphatic rings. The molecule has 7 nitrogen and oxygen atoms in total. The number of benzene rings is 1. The quantitative estimate of drug-likeness (QED) is 0.778. The number of carbonyl (C=O) groups excluding carboxylic acids is 1. The van der Waals surface area contributed by atoms with E-state index >= 15 is 0 Å². The van der Waals surface area contributed by atoms with Gasteiger partial charge in [-0.15, -0.1) is 0 Å². The number of aliphatic carboxylic acids is 1. The fourth-order valence-corrected chi connectivity index (χ4v) is 2.29. The molecule has 0 radical (unpaired) electrons. The van der Waals surface area contributed by atoms with Crippen molar-refractivity contribution in [2.24, 2.45) is 0 Å². The number of rotatable bonds is 6. The van der Waals surface area contributed by atoms with E-state index in [9.17, 15) is 18.0 Å². The van der Waals surface area contributed by atoms with Crippen LogP contribution in [-0.2, 0) is 26.0 Å². The standard InChI is InChI=1S/C12H16N2O5S/c1-14(2)11(15)7-9-3-5-10(6-4-9)13-20(18,19)8-12(16)17/h3-6,13H,7-8H2,1-2H3,(H,16,17). The van der Waals surface area contributed by atoms with Crippen molar-refractivity contribution in [1.82, 2.24) is 4.90 Å². The first-order valence-electron chi connectivity index (χ1n) is 5.71. The molecule has 1 aromatic carbocycles. The molecule has 0 fully saturated rings. The van der Waals surface area contributed by atoms with E-state index < -0.39 is 21.7 Å². The highest BCUT2D eigenvalue weighted by Gasteiger charge is 2.15. The molecule has 1 amide bonds. The Morgan fingerprint density at radius 3 is 2.20 bits per heavy atom. The second kappa shape index (κ2) is 6.38. The van der Waals surface area contributed by atoms with Gasteiger partial charge in [-0.2, -0.15) is 0 Å². The van der Waals surface area contributed by atoms with E-state index in [1.807, 2.05) is 0 Å². The van der Waals surface area contributed by atoms with Crippen LogP contribution in [0.2, 0.25) is 0 Å². The maximum atomic E-state index is 11.5. The van der Waals surface area contributed by atoms with Gasteiger partial charge >= 0.3 is 5.97 Å². The van der Waals surface area contributed by atoms with Crippen molar-refractivity contribution in [2.75, 3.05) is 24.6 Å². The largest absolute Gasteiger partial charge is 0.480 e. The maximum absolute atomic E-state index is 11.5. The monoisotopic (exact) mass is 300 g/mol. The minimum absolute atomic E-state index is 0.0655. The molecule has 0 spiro atoms. The van der Waals surface area contributed by atoms with E-state index in [1.165, 1.54) is 17.0 Å². The Bertz CT molecular complexity index is 593. The summed E-state index contributed by atoms with van der Waals surface area (Å²) in [6, 6.07) is 6.19. The third-order valence-corrected chi connectivity index (χ3v) is 3.57. The summed E-state index contributed by atoms with van der Waals surface area (Å²) in [5, 5.41) is 8.46. The van der Waals surface area contributed by atoms with Gasteiger partial charge in [-0.05, 0) is 17.7 Å². The minimum Gasteiger partial charge on any atom is -0.480 e. The number of hydrogen-bond acceptors (Lipinski definition) is 4. The molecule has 0 bridgehead atoms. The van der Waals surface area contributed by atoms with Crippen molar-refractivity contribution in [3.05, 3.63) is 29.8 Å². The summed E-state index contributed by atoms with van der Waals surface area (Å²) in [6.07, 6.45) is 0.217. The predicted molar refractivity (Wildman–Crippen MR) is 73.9 cm³/mol. The van der Waals surface area contributed by atoms with Crippen molar-refractivity contribution in [3.63, 3.8) is 0 Å². The molecule has 0 aliphatic carbocycles. The fourth-order valence-electron chi connectivity index (χ4n) is 1.40. The van der Waals surface area contributed by atoms with Crippen molar-refractivity contribution in [1.29, 1.82) is 0 Å².